The standard InChI is InChI=1S/C11H8ClNO2/c12-11-6-4-9(13-11)10(14)5-3-8-2-1-7-15-8/h1-7,13H/b5-3+. The molecule has 76 valence electrons. The number of aromatic amines is 1. The zero-order valence-corrected chi connectivity index (χ0v) is 8.49. The molecule has 4 heteroatoms. The molecule has 3 nitrogen and oxygen atoms in total. The van der Waals surface area contributed by atoms with E-state index in [0.29, 0.717) is 16.6 Å². The van der Waals surface area contributed by atoms with E-state index in [0.717, 1.165) is 0 Å². The number of H-pyrrole nitrogens is 1. The Kier molecular flexibility index (Phi) is 2.74. The van der Waals surface area contributed by atoms with E-state index in [9.17, 15) is 4.79 Å². The predicted octanol–water partition coefficient (Wildman–Crippen LogP) is 3.16. The second-order valence-electron chi connectivity index (χ2n) is 2.93. The fourth-order valence-corrected chi connectivity index (χ4v) is 1.31. The molecule has 2 heterocycles. The summed E-state index contributed by atoms with van der Waals surface area (Å²) in [5.41, 5.74) is 0.461. The van der Waals surface area contributed by atoms with Crippen LogP contribution in [0.1, 0.15) is 16.2 Å². The molecule has 0 spiro atoms. The van der Waals surface area contributed by atoms with E-state index < -0.39 is 0 Å². The van der Waals surface area contributed by atoms with Crippen LogP contribution in [0.2, 0.25) is 5.15 Å². The van der Waals surface area contributed by atoms with Crippen LogP contribution >= 0.6 is 11.6 Å². The third kappa shape index (κ3) is 2.39. The average molecular weight is 222 g/mol. The van der Waals surface area contributed by atoms with Gasteiger partial charge in [-0.15, -0.1) is 0 Å². The van der Waals surface area contributed by atoms with E-state index in [1.807, 2.05) is 0 Å². The van der Waals surface area contributed by atoms with E-state index in [-0.39, 0.29) is 5.78 Å². The van der Waals surface area contributed by atoms with Gasteiger partial charge in [0, 0.05) is 0 Å². The van der Waals surface area contributed by atoms with Crippen molar-refractivity contribution in [3.8, 4) is 0 Å². The minimum Gasteiger partial charge on any atom is -0.465 e. The quantitative estimate of drug-likeness (QED) is 0.639. The molecular formula is C11H8ClNO2. The minimum atomic E-state index is -0.140. The Bertz CT molecular complexity index is 482. The van der Waals surface area contributed by atoms with Gasteiger partial charge >= 0.3 is 0 Å². The highest BCUT2D eigenvalue weighted by Crippen LogP contribution is 2.09. The van der Waals surface area contributed by atoms with Gasteiger partial charge in [-0.2, -0.15) is 0 Å². The molecule has 0 bridgehead atoms. The number of allylic oxidation sites excluding steroid dienone is 1. The third-order valence-electron chi connectivity index (χ3n) is 1.86. The molecule has 1 N–H and O–H groups in total. The van der Waals surface area contributed by atoms with Gasteiger partial charge in [0.1, 0.15) is 10.9 Å². The highest BCUT2D eigenvalue weighted by atomic mass is 35.5. The van der Waals surface area contributed by atoms with Crippen LogP contribution in [0.3, 0.4) is 0 Å². The van der Waals surface area contributed by atoms with Crippen molar-refractivity contribution in [1.82, 2.24) is 4.98 Å². The van der Waals surface area contributed by atoms with E-state index >= 15 is 0 Å². The Morgan fingerprint density at radius 2 is 2.27 bits per heavy atom. The van der Waals surface area contributed by atoms with Crippen LogP contribution in [0.4, 0.5) is 0 Å². The first-order valence-corrected chi connectivity index (χ1v) is 4.74. The Morgan fingerprint density at radius 3 is 2.87 bits per heavy atom. The van der Waals surface area contributed by atoms with Crippen molar-refractivity contribution in [3.05, 3.63) is 53.2 Å². The Morgan fingerprint density at radius 1 is 1.40 bits per heavy atom. The summed E-state index contributed by atoms with van der Waals surface area (Å²) in [6, 6.07) is 6.80. The number of rotatable bonds is 3. The summed E-state index contributed by atoms with van der Waals surface area (Å²) in [5.74, 6) is 0.499. The maximum Gasteiger partial charge on any atom is 0.202 e. The maximum absolute atomic E-state index is 11.5. The summed E-state index contributed by atoms with van der Waals surface area (Å²) < 4.78 is 5.05. The van der Waals surface area contributed by atoms with Crippen molar-refractivity contribution >= 4 is 23.5 Å². The topological polar surface area (TPSA) is 46.0 Å². The smallest absolute Gasteiger partial charge is 0.202 e. The van der Waals surface area contributed by atoms with Gasteiger partial charge in [-0.1, -0.05) is 11.6 Å². The van der Waals surface area contributed by atoms with Gasteiger partial charge in [0.2, 0.25) is 5.78 Å². The van der Waals surface area contributed by atoms with Crippen LogP contribution in [0.5, 0.6) is 0 Å². The van der Waals surface area contributed by atoms with Gasteiger partial charge in [-0.05, 0) is 36.4 Å². The number of nitrogens with one attached hydrogen (secondary N) is 1. The van der Waals surface area contributed by atoms with Crippen LogP contribution in [-0.4, -0.2) is 10.8 Å². The lowest BCUT2D eigenvalue weighted by atomic mass is 10.2. The number of furan rings is 1. The number of carbonyl (C=O) groups excluding carboxylic acids is 1. The Labute approximate surface area is 91.4 Å². The second-order valence-corrected chi connectivity index (χ2v) is 3.34. The first kappa shape index (κ1) is 9.80. The lowest BCUT2D eigenvalue weighted by Gasteiger charge is -1.88. The first-order chi connectivity index (χ1) is 7.25. The van der Waals surface area contributed by atoms with E-state index in [1.165, 1.54) is 6.08 Å². The lowest BCUT2D eigenvalue weighted by molar-refractivity contribution is 0.104. The van der Waals surface area contributed by atoms with Crippen LogP contribution in [0.25, 0.3) is 6.08 Å². The molecule has 2 aromatic heterocycles. The number of halogens is 1. The number of hydrogen-bond donors (Lipinski definition) is 1. The lowest BCUT2D eigenvalue weighted by Crippen LogP contribution is -1.93. The fourth-order valence-electron chi connectivity index (χ4n) is 1.15. The van der Waals surface area contributed by atoms with Crippen LogP contribution < -0.4 is 0 Å². The first-order valence-electron chi connectivity index (χ1n) is 4.36. The summed E-state index contributed by atoms with van der Waals surface area (Å²) >= 11 is 5.65. The van der Waals surface area contributed by atoms with Crippen molar-refractivity contribution in [3.63, 3.8) is 0 Å². The van der Waals surface area contributed by atoms with Crippen molar-refractivity contribution in [2.75, 3.05) is 0 Å². The normalized spacial score (nSPS) is 11.0. The van der Waals surface area contributed by atoms with E-state index in [1.54, 1.807) is 36.6 Å². The number of ketones is 1. The highest BCUT2D eigenvalue weighted by Gasteiger charge is 2.03. The van der Waals surface area contributed by atoms with Crippen LogP contribution in [0, 0.1) is 0 Å². The molecule has 2 aromatic rings. The predicted molar refractivity (Wildman–Crippen MR) is 57.9 cm³/mol. The average Bonchev–Trinajstić information content (AvgIpc) is 2.84. The largest absolute Gasteiger partial charge is 0.465 e. The summed E-state index contributed by atoms with van der Waals surface area (Å²) in [6.07, 6.45) is 4.59. The van der Waals surface area contributed by atoms with Gasteiger partial charge in [-0.25, -0.2) is 0 Å². The fraction of sp³-hybridized carbons (Fsp3) is 0. The number of hydrogen-bond acceptors (Lipinski definition) is 2. The van der Waals surface area contributed by atoms with E-state index in [2.05, 4.69) is 4.98 Å². The van der Waals surface area contributed by atoms with Gasteiger partial charge in [0.05, 0.1) is 12.0 Å². The zero-order valence-electron chi connectivity index (χ0n) is 7.74. The number of aromatic nitrogens is 1. The van der Waals surface area contributed by atoms with E-state index in [4.69, 9.17) is 16.0 Å². The summed E-state index contributed by atoms with van der Waals surface area (Å²) in [6.45, 7) is 0. The molecule has 0 fully saturated rings. The molecule has 0 radical (unpaired) electrons. The van der Waals surface area contributed by atoms with Gasteiger partial charge < -0.3 is 9.40 Å². The molecule has 0 aliphatic heterocycles. The molecule has 0 unspecified atom stereocenters. The molecule has 15 heavy (non-hydrogen) atoms. The molecular weight excluding hydrogens is 214 g/mol. The molecule has 0 atom stereocenters. The van der Waals surface area contributed by atoms with Gasteiger partial charge in [0.15, 0.2) is 0 Å². The summed E-state index contributed by atoms with van der Waals surface area (Å²) in [5, 5.41) is 0.449. The van der Waals surface area contributed by atoms with Crippen molar-refractivity contribution in [1.29, 1.82) is 0 Å². The van der Waals surface area contributed by atoms with Crippen LogP contribution in [-0.2, 0) is 0 Å². The van der Waals surface area contributed by atoms with Crippen molar-refractivity contribution in [2.24, 2.45) is 0 Å². The molecule has 0 saturated heterocycles. The molecule has 0 amide bonds. The van der Waals surface area contributed by atoms with Gasteiger partial charge in [0.25, 0.3) is 0 Å². The molecule has 0 saturated carbocycles. The molecule has 0 aromatic carbocycles. The third-order valence-corrected chi connectivity index (χ3v) is 2.08. The minimum absolute atomic E-state index is 0.140. The molecule has 0 aliphatic carbocycles. The Balaban J connectivity index is 2.10. The molecule has 2 rings (SSSR count). The SMILES string of the molecule is O=C(/C=C/c1ccco1)c1ccc(Cl)[nH]1. The zero-order chi connectivity index (χ0) is 10.7. The summed E-state index contributed by atoms with van der Waals surface area (Å²) in [7, 11) is 0. The Hall–Kier alpha value is -1.74. The van der Waals surface area contributed by atoms with Crippen LogP contribution in [0.15, 0.2) is 41.0 Å². The molecule has 0 aliphatic rings. The summed E-state index contributed by atoms with van der Waals surface area (Å²) in [4.78, 5) is 14.3. The second kappa shape index (κ2) is 4.19. The van der Waals surface area contributed by atoms with Gasteiger partial charge in [-0.3, -0.25) is 4.79 Å². The highest BCUT2D eigenvalue weighted by molar-refractivity contribution is 6.29. The van der Waals surface area contributed by atoms with Crippen molar-refractivity contribution < 1.29 is 9.21 Å². The van der Waals surface area contributed by atoms with Crippen molar-refractivity contribution in [2.45, 2.75) is 0 Å². The number of carbonyl (C=O) groups is 1. The monoisotopic (exact) mass is 221 g/mol. The maximum atomic E-state index is 11.5.